The summed E-state index contributed by atoms with van der Waals surface area (Å²) in [6.45, 7) is 6.30. The standard InChI is InChI=1S/C18H27N3O3/c1-2-6-16(18(23)24)19-17(22)9-10-20-11-13-21(14-12-20)15-7-4-3-5-8-15/h3-5,7-8,16H,2,6,9-14H2,1H3,(H,19,22)(H,23,24). The summed E-state index contributed by atoms with van der Waals surface area (Å²) in [5, 5.41) is 11.7. The van der Waals surface area contributed by atoms with Crippen LogP contribution in [-0.2, 0) is 9.59 Å². The second-order valence-corrected chi connectivity index (χ2v) is 6.16. The molecule has 0 bridgehead atoms. The fourth-order valence-corrected chi connectivity index (χ4v) is 2.94. The van der Waals surface area contributed by atoms with Gasteiger partial charge in [0.05, 0.1) is 0 Å². The minimum atomic E-state index is -0.957. The Kier molecular flexibility index (Phi) is 7.06. The van der Waals surface area contributed by atoms with Gasteiger partial charge in [-0.05, 0) is 18.6 Å². The summed E-state index contributed by atoms with van der Waals surface area (Å²) in [5.74, 6) is -1.14. The number of piperazine rings is 1. The van der Waals surface area contributed by atoms with E-state index in [1.165, 1.54) is 5.69 Å². The lowest BCUT2D eigenvalue weighted by atomic mass is 10.1. The number of aliphatic carboxylic acids is 1. The van der Waals surface area contributed by atoms with E-state index in [-0.39, 0.29) is 5.91 Å². The number of hydrogen-bond acceptors (Lipinski definition) is 4. The average Bonchev–Trinajstić information content (AvgIpc) is 2.61. The van der Waals surface area contributed by atoms with E-state index in [1.807, 2.05) is 25.1 Å². The molecule has 1 heterocycles. The van der Waals surface area contributed by atoms with Crippen LogP contribution in [0.2, 0.25) is 0 Å². The summed E-state index contributed by atoms with van der Waals surface area (Å²) in [7, 11) is 0. The zero-order valence-corrected chi connectivity index (χ0v) is 14.3. The SMILES string of the molecule is CCCC(NC(=O)CCN1CCN(c2ccccc2)CC1)C(=O)O. The number of benzene rings is 1. The Hall–Kier alpha value is -2.08. The van der Waals surface area contributed by atoms with E-state index in [1.54, 1.807) is 0 Å². The predicted octanol–water partition coefficient (Wildman–Crippen LogP) is 1.57. The zero-order valence-electron chi connectivity index (χ0n) is 14.3. The van der Waals surface area contributed by atoms with Crippen molar-refractivity contribution in [2.45, 2.75) is 32.2 Å². The minimum absolute atomic E-state index is 0.179. The van der Waals surface area contributed by atoms with E-state index in [0.717, 1.165) is 32.6 Å². The van der Waals surface area contributed by atoms with Gasteiger partial charge in [0.2, 0.25) is 5.91 Å². The Balaban J connectivity index is 1.70. The first-order valence-electron chi connectivity index (χ1n) is 8.64. The number of carboxylic acid groups (broad SMARTS) is 1. The smallest absolute Gasteiger partial charge is 0.326 e. The zero-order chi connectivity index (χ0) is 17.4. The van der Waals surface area contributed by atoms with Crippen LogP contribution in [0.25, 0.3) is 0 Å². The lowest BCUT2D eigenvalue weighted by molar-refractivity contribution is -0.142. The molecule has 1 aliphatic rings. The summed E-state index contributed by atoms with van der Waals surface area (Å²) < 4.78 is 0. The largest absolute Gasteiger partial charge is 0.480 e. The van der Waals surface area contributed by atoms with Gasteiger partial charge in [-0.15, -0.1) is 0 Å². The molecule has 0 radical (unpaired) electrons. The molecule has 1 amide bonds. The number of nitrogens with one attached hydrogen (secondary N) is 1. The highest BCUT2D eigenvalue weighted by atomic mass is 16.4. The molecule has 1 aromatic carbocycles. The van der Waals surface area contributed by atoms with E-state index in [2.05, 4.69) is 27.2 Å². The van der Waals surface area contributed by atoms with Crippen molar-refractivity contribution in [1.29, 1.82) is 0 Å². The maximum atomic E-state index is 11.9. The molecule has 132 valence electrons. The van der Waals surface area contributed by atoms with Gasteiger partial charge in [0.15, 0.2) is 0 Å². The third-order valence-electron chi connectivity index (χ3n) is 4.36. The van der Waals surface area contributed by atoms with Crippen molar-refractivity contribution in [2.75, 3.05) is 37.6 Å². The third-order valence-corrected chi connectivity index (χ3v) is 4.36. The Morgan fingerprint density at radius 1 is 1.17 bits per heavy atom. The number of hydrogen-bond donors (Lipinski definition) is 2. The van der Waals surface area contributed by atoms with Crippen molar-refractivity contribution >= 4 is 17.6 Å². The van der Waals surface area contributed by atoms with Crippen molar-refractivity contribution in [3.8, 4) is 0 Å². The number of rotatable bonds is 8. The number of carbonyl (C=O) groups excluding carboxylic acids is 1. The normalized spacial score (nSPS) is 16.6. The van der Waals surface area contributed by atoms with Gasteiger partial charge in [-0.2, -0.15) is 0 Å². The molecule has 2 N–H and O–H groups in total. The predicted molar refractivity (Wildman–Crippen MR) is 94.2 cm³/mol. The van der Waals surface area contributed by atoms with Crippen LogP contribution in [0.5, 0.6) is 0 Å². The number of carbonyl (C=O) groups is 2. The lowest BCUT2D eigenvalue weighted by Crippen LogP contribution is -2.48. The van der Waals surface area contributed by atoms with Crippen LogP contribution in [0.1, 0.15) is 26.2 Å². The molecule has 0 aliphatic carbocycles. The quantitative estimate of drug-likeness (QED) is 0.755. The average molecular weight is 333 g/mol. The maximum absolute atomic E-state index is 11.9. The Morgan fingerprint density at radius 2 is 1.83 bits per heavy atom. The molecular weight excluding hydrogens is 306 g/mol. The number of amides is 1. The molecule has 0 aromatic heterocycles. The Morgan fingerprint density at radius 3 is 2.42 bits per heavy atom. The van der Waals surface area contributed by atoms with Crippen molar-refractivity contribution in [2.24, 2.45) is 0 Å². The Bertz CT molecular complexity index is 528. The van der Waals surface area contributed by atoms with Crippen LogP contribution in [0.15, 0.2) is 30.3 Å². The van der Waals surface area contributed by atoms with Crippen LogP contribution in [0, 0.1) is 0 Å². The van der Waals surface area contributed by atoms with Crippen LogP contribution in [0.3, 0.4) is 0 Å². The first-order chi connectivity index (χ1) is 11.6. The van der Waals surface area contributed by atoms with E-state index < -0.39 is 12.0 Å². The molecule has 1 unspecified atom stereocenters. The molecule has 1 saturated heterocycles. The van der Waals surface area contributed by atoms with Gasteiger partial charge in [-0.3, -0.25) is 9.69 Å². The van der Waals surface area contributed by atoms with E-state index in [4.69, 9.17) is 5.11 Å². The lowest BCUT2D eigenvalue weighted by Gasteiger charge is -2.36. The van der Waals surface area contributed by atoms with Gasteiger partial charge >= 0.3 is 5.97 Å². The second-order valence-electron chi connectivity index (χ2n) is 6.16. The molecule has 1 aromatic rings. The van der Waals surface area contributed by atoms with Gasteiger partial charge in [0.25, 0.3) is 0 Å². The number of anilines is 1. The second kappa shape index (κ2) is 9.27. The number of carboxylic acids is 1. The third kappa shape index (κ3) is 5.53. The first kappa shape index (κ1) is 18.3. The minimum Gasteiger partial charge on any atom is -0.480 e. The molecule has 24 heavy (non-hydrogen) atoms. The molecule has 1 fully saturated rings. The van der Waals surface area contributed by atoms with Crippen LogP contribution in [-0.4, -0.2) is 60.6 Å². The first-order valence-corrected chi connectivity index (χ1v) is 8.64. The molecule has 1 aliphatic heterocycles. The summed E-state index contributed by atoms with van der Waals surface area (Å²) in [6, 6.07) is 9.56. The van der Waals surface area contributed by atoms with Crippen LogP contribution < -0.4 is 10.2 Å². The van der Waals surface area contributed by atoms with E-state index >= 15 is 0 Å². The number of nitrogens with zero attached hydrogens (tertiary/aromatic N) is 2. The molecular formula is C18H27N3O3. The highest BCUT2D eigenvalue weighted by Gasteiger charge is 2.21. The van der Waals surface area contributed by atoms with Gasteiger partial charge < -0.3 is 15.3 Å². The summed E-state index contributed by atoms with van der Waals surface area (Å²) in [5.41, 5.74) is 1.23. The summed E-state index contributed by atoms with van der Waals surface area (Å²) in [4.78, 5) is 27.6. The Labute approximate surface area is 143 Å². The summed E-state index contributed by atoms with van der Waals surface area (Å²) in [6.07, 6.45) is 1.55. The van der Waals surface area contributed by atoms with Crippen molar-refractivity contribution in [3.05, 3.63) is 30.3 Å². The fourth-order valence-electron chi connectivity index (χ4n) is 2.94. The van der Waals surface area contributed by atoms with Crippen molar-refractivity contribution < 1.29 is 14.7 Å². The van der Waals surface area contributed by atoms with E-state index in [9.17, 15) is 9.59 Å². The van der Waals surface area contributed by atoms with Gasteiger partial charge in [-0.25, -0.2) is 4.79 Å². The molecule has 0 saturated carbocycles. The van der Waals surface area contributed by atoms with Crippen molar-refractivity contribution in [3.63, 3.8) is 0 Å². The van der Waals surface area contributed by atoms with Gasteiger partial charge in [0, 0.05) is 44.8 Å². The monoisotopic (exact) mass is 333 g/mol. The van der Waals surface area contributed by atoms with Crippen LogP contribution >= 0.6 is 0 Å². The molecule has 6 heteroatoms. The van der Waals surface area contributed by atoms with Gasteiger partial charge in [0.1, 0.15) is 6.04 Å². The summed E-state index contributed by atoms with van der Waals surface area (Å²) >= 11 is 0. The van der Waals surface area contributed by atoms with Crippen LogP contribution in [0.4, 0.5) is 5.69 Å². The molecule has 2 rings (SSSR count). The molecule has 1 atom stereocenters. The number of para-hydroxylation sites is 1. The fraction of sp³-hybridized carbons (Fsp3) is 0.556. The van der Waals surface area contributed by atoms with Gasteiger partial charge in [-0.1, -0.05) is 31.5 Å². The van der Waals surface area contributed by atoms with E-state index in [0.29, 0.717) is 19.4 Å². The topological polar surface area (TPSA) is 72.9 Å². The highest BCUT2D eigenvalue weighted by molar-refractivity contribution is 5.83. The maximum Gasteiger partial charge on any atom is 0.326 e. The molecule has 0 spiro atoms. The molecule has 6 nitrogen and oxygen atoms in total. The highest BCUT2D eigenvalue weighted by Crippen LogP contribution is 2.15. The van der Waals surface area contributed by atoms with Crippen molar-refractivity contribution in [1.82, 2.24) is 10.2 Å².